The molecule has 0 aromatic heterocycles. The molecule has 1 aromatic rings. The van der Waals surface area contributed by atoms with Gasteiger partial charge >= 0.3 is 12.4 Å². The van der Waals surface area contributed by atoms with E-state index in [1.807, 2.05) is 0 Å². The van der Waals surface area contributed by atoms with Crippen LogP contribution in [0.15, 0.2) is 24.3 Å². The van der Waals surface area contributed by atoms with Crippen molar-refractivity contribution < 1.29 is 41.0 Å². The number of alkyl halides is 6. The van der Waals surface area contributed by atoms with Crippen molar-refractivity contribution in [2.24, 2.45) is 5.92 Å². The van der Waals surface area contributed by atoms with Crippen LogP contribution in [-0.4, -0.2) is 64.7 Å². The van der Waals surface area contributed by atoms with Crippen molar-refractivity contribution in [3.63, 3.8) is 0 Å². The van der Waals surface area contributed by atoms with Crippen molar-refractivity contribution in [1.82, 2.24) is 9.80 Å². The number of aliphatic hydroxyl groups is 1. The molecule has 1 saturated heterocycles. The Morgan fingerprint density at radius 2 is 1.63 bits per heavy atom. The lowest BCUT2D eigenvalue weighted by atomic mass is 9.90. The molecule has 168 valence electrons. The zero-order valence-corrected chi connectivity index (χ0v) is 16.5. The highest BCUT2D eigenvalue weighted by molar-refractivity contribution is 5.94. The molecule has 1 aliphatic heterocycles. The number of hydrogen-bond donors (Lipinski definition) is 1. The molecule has 30 heavy (non-hydrogen) atoms. The minimum Gasteiger partial charge on any atom is -0.373 e. The normalized spacial score (nSPS) is 22.4. The Balaban J connectivity index is 2.08. The van der Waals surface area contributed by atoms with E-state index in [0.29, 0.717) is 6.92 Å². The van der Waals surface area contributed by atoms with Gasteiger partial charge in [0.25, 0.3) is 11.8 Å². The van der Waals surface area contributed by atoms with Crippen LogP contribution in [0.25, 0.3) is 0 Å². The van der Waals surface area contributed by atoms with E-state index in [0.717, 1.165) is 29.2 Å². The molecule has 1 aliphatic rings. The summed E-state index contributed by atoms with van der Waals surface area (Å²) in [6.07, 6.45) is -9.50. The molecule has 0 unspecified atom stereocenters. The van der Waals surface area contributed by atoms with Crippen molar-refractivity contribution >= 4 is 11.8 Å². The lowest BCUT2D eigenvalue weighted by Gasteiger charge is -2.43. The molecule has 0 spiro atoms. The molecular weight excluding hydrogens is 418 g/mol. The Hall–Kier alpha value is -2.30. The van der Waals surface area contributed by atoms with Crippen molar-refractivity contribution in [3.05, 3.63) is 35.4 Å². The Morgan fingerprint density at radius 1 is 1.10 bits per heavy atom. The number of amides is 2. The molecule has 11 heteroatoms. The van der Waals surface area contributed by atoms with E-state index in [1.165, 1.54) is 11.9 Å². The number of halogens is 6. The van der Waals surface area contributed by atoms with Crippen LogP contribution in [0.5, 0.6) is 0 Å². The number of hydrogen-bond acceptors (Lipinski definition) is 3. The minimum atomic E-state index is -5.13. The largest absolute Gasteiger partial charge is 0.426 e. The second kappa shape index (κ2) is 8.09. The maximum absolute atomic E-state index is 12.9. The quantitative estimate of drug-likeness (QED) is 0.734. The Kier molecular flexibility index (Phi) is 6.46. The average Bonchev–Trinajstić information content (AvgIpc) is 2.64. The summed E-state index contributed by atoms with van der Waals surface area (Å²) >= 11 is 0. The maximum atomic E-state index is 12.9. The van der Waals surface area contributed by atoms with Gasteiger partial charge in [0.15, 0.2) is 0 Å². The third-order valence-electron chi connectivity index (χ3n) is 5.39. The molecule has 0 radical (unpaired) electrons. The lowest BCUT2D eigenvalue weighted by molar-refractivity contribution is -0.251. The van der Waals surface area contributed by atoms with Crippen molar-refractivity contribution in [2.45, 2.75) is 44.3 Å². The van der Waals surface area contributed by atoms with Crippen LogP contribution >= 0.6 is 0 Å². The third kappa shape index (κ3) is 4.71. The molecule has 0 bridgehead atoms. The van der Waals surface area contributed by atoms with Gasteiger partial charge in [-0.05, 0) is 43.5 Å². The minimum absolute atomic E-state index is 0.0382. The predicted octanol–water partition coefficient (Wildman–Crippen LogP) is 3.33. The number of piperidine rings is 1. The highest BCUT2D eigenvalue weighted by Gasteiger charge is 2.57. The summed E-state index contributed by atoms with van der Waals surface area (Å²) in [7, 11) is 1.45. The van der Waals surface area contributed by atoms with E-state index >= 15 is 0 Å². The Morgan fingerprint density at radius 3 is 2.07 bits per heavy atom. The van der Waals surface area contributed by atoms with E-state index in [-0.39, 0.29) is 25.1 Å². The highest BCUT2D eigenvalue weighted by Crippen LogP contribution is 2.34. The van der Waals surface area contributed by atoms with Gasteiger partial charge in [0.2, 0.25) is 5.60 Å². The van der Waals surface area contributed by atoms with E-state index in [9.17, 15) is 41.0 Å². The third-order valence-corrected chi connectivity index (χ3v) is 5.39. The summed E-state index contributed by atoms with van der Waals surface area (Å²) < 4.78 is 76.7. The second-order valence-electron chi connectivity index (χ2n) is 7.65. The van der Waals surface area contributed by atoms with Gasteiger partial charge in [-0.15, -0.1) is 0 Å². The van der Waals surface area contributed by atoms with Crippen LogP contribution in [0.2, 0.25) is 0 Å². The van der Waals surface area contributed by atoms with Crippen LogP contribution in [0.1, 0.15) is 36.2 Å². The highest BCUT2D eigenvalue weighted by atomic mass is 19.4. The Bertz CT molecular complexity index is 789. The number of carbonyl (C=O) groups is 2. The van der Waals surface area contributed by atoms with Crippen LogP contribution in [0.4, 0.5) is 26.3 Å². The molecule has 5 nitrogen and oxygen atoms in total. The van der Waals surface area contributed by atoms with Gasteiger partial charge < -0.3 is 14.9 Å². The first-order chi connectivity index (χ1) is 13.6. The molecule has 2 amide bonds. The summed E-state index contributed by atoms with van der Waals surface area (Å²) in [6, 6.07) is 3.27. The fraction of sp³-hybridized carbons (Fsp3) is 0.579. The summed E-state index contributed by atoms with van der Waals surface area (Å²) in [5.41, 5.74) is -4.36. The van der Waals surface area contributed by atoms with Gasteiger partial charge in [0.1, 0.15) is 0 Å². The van der Waals surface area contributed by atoms with E-state index in [2.05, 4.69) is 0 Å². The monoisotopic (exact) mass is 440 g/mol. The first kappa shape index (κ1) is 24.0. The summed E-state index contributed by atoms with van der Waals surface area (Å²) in [5.74, 6) is -2.42. The number of carbonyl (C=O) groups excluding carboxylic acids is 2. The molecule has 0 saturated carbocycles. The number of nitrogens with zero attached hydrogens (tertiary/aromatic N) is 2. The summed E-state index contributed by atoms with van der Waals surface area (Å²) in [5, 5.41) is 9.59. The summed E-state index contributed by atoms with van der Waals surface area (Å²) in [4.78, 5) is 27.0. The first-order valence-electron chi connectivity index (χ1n) is 9.10. The SMILES string of the molecule is C[C@@H]1CN(C(=O)[C@@](C)(O)C(F)(F)F)CC[C@@H]1N(C)C(=O)c1ccc(C(F)(F)F)cc1. The van der Waals surface area contributed by atoms with Crippen LogP contribution in [0, 0.1) is 5.92 Å². The van der Waals surface area contributed by atoms with Gasteiger partial charge in [-0.3, -0.25) is 9.59 Å². The van der Waals surface area contributed by atoms with Gasteiger partial charge in [-0.1, -0.05) is 6.92 Å². The molecule has 0 aliphatic carbocycles. The van der Waals surface area contributed by atoms with Crippen LogP contribution in [-0.2, 0) is 11.0 Å². The first-order valence-corrected chi connectivity index (χ1v) is 9.10. The van der Waals surface area contributed by atoms with Crippen LogP contribution in [0.3, 0.4) is 0 Å². The maximum Gasteiger partial charge on any atom is 0.426 e. The topological polar surface area (TPSA) is 60.9 Å². The smallest absolute Gasteiger partial charge is 0.373 e. The number of benzene rings is 1. The fourth-order valence-electron chi connectivity index (χ4n) is 3.48. The molecule has 1 N–H and O–H groups in total. The van der Waals surface area contributed by atoms with Gasteiger partial charge in [-0.2, -0.15) is 26.3 Å². The lowest BCUT2D eigenvalue weighted by Crippen LogP contribution is -2.60. The molecule has 3 atom stereocenters. The van der Waals surface area contributed by atoms with E-state index < -0.39 is 47.3 Å². The summed E-state index contributed by atoms with van der Waals surface area (Å²) in [6.45, 7) is 1.82. The molecule has 1 aromatic carbocycles. The molecule has 2 rings (SSSR count). The molecular formula is C19H22F6N2O3. The van der Waals surface area contributed by atoms with Gasteiger partial charge in [-0.25, -0.2) is 0 Å². The van der Waals surface area contributed by atoms with Crippen LogP contribution < -0.4 is 0 Å². The van der Waals surface area contributed by atoms with Crippen molar-refractivity contribution in [3.8, 4) is 0 Å². The Labute approximate surface area is 169 Å². The number of rotatable bonds is 3. The fourth-order valence-corrected chi connectivity index (χ4v) is 3.48. The van der Waals surface area contributed by atoms with E-state index in [1.54, 1.807) is 6.92 Å². The van der Waals surface area contributed by atoms with Gasteiger partial charge in [0.05, 0.1) is 5.56 Å². The molecule has 1 fully saturated rings. The van der Waals surface area contributed by atoms with E-state index in [4.69, 9.17) is 0 Å². The second-order valence-corrected chi connectivity index (χ2v) is 7.65. The number of likely N-dealkylation sites (tertiary alicyclic amines) is 1. The molecule has 1 heterocycles. The standard InChI is InChI=1S/C19H22F6N2O3/c1-11-10-27(16(29)17(2,30)19(23,24)25)9-8-14(11)26(3)15(28)12-4-6-13(7-5-12)18(20,21)22/h4-7,11,14,30H,8-10H2,1-3H3/t11-,14+,17-/m1/s1. The zero-order chi connectivity index (χ0) is 23.1. The van der Waals surface area contributed by atoms with Crippen molar-refractivity contribution in [2.75, 3.05) is 20.1 Å². The van der Waals surface area contributed by atoms with Crippen molar-refractivity contribution in [1.29, 1.82) is 0 Å². The average molecular weight is 440 g/mol. The zero-order valence-electron chi connectivity index (χ0n) is 16.5. The predicted molar refractivity (Wildman–Crippen MR) is 94.4 cm³/mol. The van der Waals surface area contributed by atoms with Gasteiger partial charge in [0, 0.05) is 31.7 Å².